The third-order valence-corrected chi connectivity index (χ3v) is 3.29. The third kappa shape index (κ3) is 3.13. The van der Waals surface area contributed by atoms with E-state index in [1.165, 1.54) is 6.07 Å². The summed E-state index contributed by atoms with van der Waals surface area (Å²) in [7, 11) is 0. The largest absolute Gasteiger partial charge is 0.573 e. The zero-order valence-corrected chi connectivity index (χ0v) is 11.6. The molecule has 0 saturated carbocycles. The number of halogens is 3. The first kappa shape index (κ1) is 15.0. The molecule has 4 nitrogen and oxygen atoms in total. The lowest BCUT2D eigenvalue weighted by Gasteiger charge is -2.12. The van der Waals surface area contributed by atoms with E-state index in [2.05, 4.69) is 9.72 Å². The Morgan fingerprint density at radius 1 is 1.00 bits per heavy atom. The van der Waals surface area contributed by atoms with Gasteiger partial charge in [0.05, 0.1) is 5.52 Å². The average Bonchev–Trinajstić information content (AvgIpc) is 2.48. The lowest BCUT2D eigenvalue weighted by atomic mass is 10.0. The van der Waals surface area contributed by atoms with E-state index in [1.54, 1.807) is 30.5 Å². The van der Waals surface area contributed by atoms with E-state index in [0.29, 0.717) is 27.7 Å². The molecule has 1 aromatic heterocycles. The zero-order valence-electron chi connectivity index (χ0n) is 11.6. The highest BCUT2D eigenvalue weighted by molar-refractivity contribution is 5.93. The number of nitrogens with zero attached hydrogens (tertiary/aromatic N) is 1. The number of fused-ring (bicyclic) bond motifs is 1. The summed E-state index contributed by atoms with van der Waals surface area (Å²) < 4.78 is 40.9. The van der Waals surface area contributed by atoms with Gasteiger partial charge in [0, 0.05) is 17.3 Å². The van der Waals surface area contributed by atoms with Crippen LogP contribution in [0.15, 0.2) is 48.7 Å². The summed E-state index contributed by atoms with van der Waals surface area (Å²) in [6.07, 6.45) is -3.30. The molecule has 2 aromatic carbocycles. The second kappa shape index (κ2) is 5.35. The van der Waals surface area contributed by atoms with E-state index in [4.69, 9.17) is 5.73 Å². The first-order chi connectivity index (χ1) is 10.8. The highest BCUT2D eigenvalue weighted by atomic mass is 19.4. The molecule has 0 unspecified atom stereocenters. The number of aromatic hydroxyl groups is 1. The van der Waals surface area contributed by atoms with Crippen LogP contribution in [0.1, 0.15) is 0 Å². The van der Waals surface area contributed by atoms with Crippen LogP contribution in [0, 0.1) is 0 Å². The van der Waals surface area contributed by atoms with Crippen molar-refractivity contribution in [2.24, 2.45) is 0 Å². The molecule has 0 atom stereocenters. The maximum Gasteiger partial charge on any atom is 0.573 e. The molecule has 3 rings (SSSR count). The fourth-order valence-electron chi connectivity index (χ4n) is 2.25. The van der Waals surface area contributed by atoms with Gasteiger partial charge in [-0.05, 0) is 41.5 Å². The summed E-state index contributed by atoms with van der Waals surface area (Å²) in [5.74, 6) is -1.25. The van der Waals surface area contributed by atoms with Gasteiger partial charge in [0.15, 0.2) is 11.5 Å². The van der Waals surface area contributed by atoms with Crippen molar-refractivity contribution in [2.75, 3.05) is 5.73 Å². The molecule has 118 valence electrons. The van der Waals surface area contributed by atoms with E-state index >= 15 is 0 Å². The molecule has 7 heteroatoms. The van der Waals surface area contributed by atoms with Gasteiger partial charge in [0.25, 0.3) is 0 Å². The number of anilines is 1. The molecular formula is C16H11F3N2O2. The van der Waals surface area contributed by atoms with Crippen molar-refractivity contribution >= 4 is 16.6 Å². The van der Waals surface area contributed by atoms with Gasteiger partial charge in [-0.25, -0.2) is 0 Å². The SMILES string of the molecule is Nc1ccnc2ccc(-c3ccc(O)c(OC(F)(F)F)c3)cc12. The minimum absolute atomic E-state index is 0.451. The van der Waals surface area contributed by atoms with Crippen LogP contribution in [0.25, 0.3) is 22.0 Å². The Labute approximate surface area is 128 Å². The van der Waals surface area contributed by atoms with Crippen LogP contribution in [0.5, 0.6) is 11.5 Å². The van der Waals surface area contributed by atoms with Crippen molar-refractivity contribution in [1.29, 1.82) is 0 Å². The number of hydrogen-bond acceptors (Lipinski definition) is 4. The molecule has 0 fully saturated rings. The van der Waals surface area contributed by atoms with Crippen molar-refractivity contribution in [2.45, 2.75) is 6.36 Å². The van der Waals surface area contributed by atoms with Crippen LogP contribution in [-0.2, 0) is 0 Å². The standard InChI is InChI=1S/C16H11F3N2O2/c17-16(18,19)23-15-8-10(2-4-14(15)22)9-1-3-13-11(7-9)12(20)5-6-21-13/h1-8,22H,(H2,20,21). The van der Waals surface area contributed by atoms with Gasteiger partial charge in [0.2, 0.25) is 0 Å². The van der Waals surface area contributed by atoms with Crippen LogP contribution in [-0.4, -0.2) is 16.5 Å². The van der Waals surface area contributed by atoms with E-state index < -0.39 is 17.9 Å². The molecule has 0 radical (unpaired) electrons. The van der Waals surface area contributed by atoms with Gasteiger partial charge in [-0.15, -0.1) is 13.2 Å². The number of aromatic nitrogens is 1. The number of phenolic OH excluding ortho intramolecular Hbond substituents is 1. The van der Waals surface area contributed by atoms with Crippen molar-refractivity contribution < 1.29 is 23.0 Å². The molecule has 0 saturated heterocycles. The first-order valence-corrected chi connectivity index (χ1v) is 6.57. The van der Waals surface area contributed by atoms with Crippen LogP contribution < -0.4 is 10.5 Å². The van der Waals surface area contributed by atoms with E-state index in [0.717, 1.165) is 12.1 Å². The maximum absolute atomic E-state index is 12.4. The van der Waals surface area contributed by atoms with E-state index in [-0.39, 0.29) is 0 Å². The third-order valence-electron chi connectivity index (χ3n) is 3.29. The quantitative estimate of drug-likeness (QED) is 0.746. The molecule has 1 heterocycles. The average molecular weight is 320 g/mol. The summed E-state index contributed by atoms with van der Waals surface area (Å²) in [5, 5.41) is 10.2. The van der Waals surface area contributed by atoms with Gasteiger partial charge in [0.1, 0.15) is 0 Å². The molecule has 0 spiro atoms. The summed E-state index contributed by atoms with van der Waals surface area (Å²) in [4.78, 5) is 4.16. The number of rotatable bonds is 2. The minimum Gasteiger partial charge on any atom is -0.504 e. The normalized spacial score (nSPS) is 11.6. The molecule has 0 amide bonds. The number of nitrogen functional groups attached to an aromatic ring is 1. The minimum atomic E-state index is -4.88. The lowest BCUT2D eigenvalue weighted by molar-refractivity contribution is -0.275. The highest BCUT2D eigenvalue weighted by Gasteiger charge is 2.32. The molecule has 0 aliphatic carbocycles. The van der Waals surface area contributed by atoms with E-state index in [1.807, 2.05) is 0 Å². The van der Waals surface area contributed by atoms with Crippen molar-refractivity contribution in [3.05, 3.63) is 48.7 Å². The highest BCUT2D eigenvalue weighted by Crippen LogP contribution is 2.36. The second-order valence-corrected chi connectivity index (χ2v) is 4.86. The van der Waals surface area contributed by atoms with Crippen molar-refractivity contribution in [1.82, 2.24) is 4.98 Å². The van der Waals surface area contributed by atoms with Crippen LogP contribution >= 0.6 is 0 Å². The Morgan fingerprint density at radius 2 is 1.70 bits per heavy atom. The molecule has 0 aliphatic heterocycles. The van der Waals surface area contributed by atoms with Gasteiger partial charge >= 0.3 is 6.36 Å². The molecule has 3 N–H and O–H groups in total. The van der Waals surface area contributed by atoms with Crippen LogP contribution in [0.4, 0.5) is 18.9 Å². The summed E-state index contributed by atoms with van der Waals surface area (Å²) in [6.45, 7) is 0. The topological polar surface area (TPSA) is 68.4 Å². The number of ether oxygens (including phenoxy) is 1. The zero-order chi connectivity index (χ0) is 16.6. The molecule has 0 aliphatic rings. The Kier molecular flexibility index (Phi) is 3.48. The number of phenols is 1. The fraction of sp³-hybridized carbons (Fsp3) is 0.0625. The summed E-state index contributed by atoms with van der Waals surface area (Å²) in [6, 6.07) is 10.6. The summed E-state index contributed by atoms with van der Waals surface area (Å²) in [5.41, 5.74) is 8.16. The Bertz CT molecular complexity index is 879. The lowest BCUT2D eigenvalue weighted by Crippen LogP contribution is -2.17. The number of hydrogen-bond donors (Lipinski definition) is 2. The predicted octanol–water partition coefficient (Wildman–Crippen LogP) is 4.09. The molecule has 3 aromatic rings. The fourth-order valence-corrected chi connectivity index (χ4v) is 2.25. The van der Waals surface area contributed by atoms with E-state index in [9.17, 15) is 18.3 Å². The van der Waals surface area contributed by atoms with Gasteiger partial charge in [-0.1, -0.05) is 12.1 Å². The Morgan fingerprint density at radius 3 is 2.43 bits per heavy atom. The number of alkyl halides is 3. The second-order valence-electron chi connectivity index (χ2n) is 4.86. The molecule has 23 heavy (non-hydrogen) atoms. The number of benzene rings is 2. The predicted molar refractivity (Wildman–Crippen MR) is 79.9 cm³/mol. The molecular weight excluding hydrogens is 309 g/mol. The van der Waals surface area contributed by atoms with Crippen molar-refractivity contribution in [3.63, 3.8) is 0 Å². The Hall–Kier alpha value is -2.96. The monoisotopic (exact) mass is 320 g/mol. The first-order valence-electron chi connectivity index (χ1n) is 6.57. The molecule has 0 bridgehead atoms. The van der Waals surface area contributed by atoms with Gasteiger partial charge in [-0.3, -0.25) is 4.98 Å². The maximum atomic E-state index is 12.4. The Balaban J connectivity index is 2.08. The van der Waals surface area contributed by atoms with Crippen LogP contribution in [0.2, 0.25) is 0 Å². The summed E-state index contributed by atoms with van der Waals surface area (Å²) >= 11 is 0. The number of nitrogens with two attached hydrogens (primary N) is 1. The smallest absolute Gasteiger partial charge is 0.504 e. The van der Waals surface area contributed by atoms with Gasteiger partial charge in [-0.2, -0.15) is 0 Å². The van der Waals surface area contributed by atoms with Crippen molar-refractivity contribution in [3.8, 4) is 22.6 Å². The van der Waals surface area contributed by atoms with Crippen LogP contribution in [0.3, 0.4) is 0 Å². The number of pyridine rings is 1. The van der Waals surface area contributed by atoms with Gasteiger partial charge < -0.3 is 15.6 Å².